The monoisotopic (exact) mass is 253 g/mol. The maximum atomic E-state index is 6.17. The van der Waals surface area contributed by atoms with Crippen LogP contribution in [0.5, 0.6) is 0 Å². The lowest BCUT2D eigenvalue weighted by Gasteiger charge is -2.28. The first kappa shape index (κ1) is 12.9. The standard InChI is InChI=1S/C14H20ClNO/c1-10-6-7-11(12(15)8-10)9-17-14-5-3-2-4-13(14)16/h6-8,13-14H,2-5,9,16H2,1H3. The van der Waals surface area contributed by atoms with Gasteiger partial charge < -0.3 is 10.5 Å². The van der Waals surface area contributed by atoms with Gasteiger partial charge in [-0.3, -0.25) is 0 Å². The number of halogens is 1. The molecule has 0 aromatic heterocycles. The minimum Gasteiger partial charge on any atom is -0.372 e. The minimum atomic E-state index is 0.188. The third-order valence-electron chi connectivity index (χ3n) is 3.42. The summed E-state index contributed by atoms with van der Waals surface area (Å²) in [6, 6.07) is 6.26. The van der Waals surface area contributed by atoms with Crippen LogP contribution >= 0.6 is 11.6 Å². The van der Waals surface area contributed by atoms with Gasteiger partial charge in [-0.15, -0.1) is 0 Å². The van der Waals surface area contributed by atoms with Gasteiger partial charge in [0.2, 0.25) is 0 Å². The molecule has 3 heteroatoms. The summed E-state index contributed by atoms with van der Waals surface area (Å²) in [7, 11) is 0. The molecule has 1 aromatic rings. The Balaban J connectivity index is 1.92. The zero-order valence-electron chi connectivity index (χ0n) is 10.3. The molecule has 0 spiro atoms. The number of benzene rings is 1. The van der Waals surface area contributed by atoms with Gasteiger partial charge in [-0.1, -0.05) is 36.6 Å². The fourth-order valence-corrected chi connectivity index (χ4v) is 2.59. The molecule has 0 aliphatic heterocycles. The molecular formula is C14H20ClNO. The van der Waals surface area contributed by atoms with Crippen LogP contribution in [-0.2, 0) is 11.3 Å². The molecule has 1 fully saturated rings. The number of ether oxygens (including phenoxy) is 1. The Kier molecular flexibility index (Phi) is 4.43. The zero-order chi connectivity index (χ0) is 12.3. The summed E-state index contributed by atoms with van der Waals surface area (Å²) >= 11 is 6.17. The van der Waals surface area contributed by atoms with Gasteiger partial charge in [0, 0.05) is 11.1 Å². The molecule has 0 amide bonds. The van der Waals surface area contributed by atoms with Gasteiger partial charge in [-0.25, -0.2) is 0 Å². The van der Waals surface area contributed by atoms with Crippen LogP contribution < -0.4 is 5.73 Å². The van der Waals surface area contributed by atoms with Crippen molar-refractivity contribution >= 4 is 11.6 Å². The van der Waals surface area contributed by atoms with E-state index in [0.717, 1.165) is 23.4 Å². The summed E-state index contributed by atoms with van der Waals surface area (Å²) in [6.45, 7) is 2.60. The molecule has 0 heterocycles. The minimum absolute atomic E-state index is 0.188. The van der Waals surface area contributed by atoms with E-state index in [9.17, 15) is 0 Å². The molecule has 0 saturated heterocycles. The van der Waals surface area contributed by atoms with Crippen LogP contribution in [0.4, 0.5) is 0 Å². The smallest absolute Gasteiger partial charge is 0.0735 e. The van der Waals surface area contributed by atoms with E-state index in [4.69, 9.17) is 22.1 Å². The van der Waals surface area contributed by atoms with Crippen molar-refractivity contribution in [1.29, 1.82) is 0 Å². The first-order valence-corrected chi connectivity index (χ1v) is 6.67. The Morgan fingerprint density at radius 2 is 2.12 bits per heavy atom. The Bertz CT molecular complexity index is 380. The molecule has 1 aliphatic carbocycles. The highest BCUT2D eigenvalue weighted by molar-refractivity contribution is 6.31. The Hall–Kier alpha value is -0.570. The number of hydrogen-bond acceptors (Lipinski definition) is 2. The van der Waals surface area contributed by atoms with Gasteiger partial charge >= 0.3 is 0 Å². The number of aryl methyl sites for hydroxylation is 1. The van der Waals surface area contributed by atoms with Gasteiger partial charge in [0.15, 0.2) is 0 Å². The molecule has 0 radical (unpaired) electrons. The highest BCUT2D eigenvalue weighted by atomic mass is 35.5. The van der Waals surface area contributed by atoms with Crippen LogP contribution in [0.3, 0.4) is 0 Å². The highest BCUT2D eigenvalue weighted by Crippen LogP contribution is 2.23. The summed E-state index contributed by atoms with van der Waals surface area (Å²) in [4.78, 5) is 0. The van der Waals surface area contributed by atoms with Crippen molar-refractivity contribution < 1.29 is 4.74 Å². The van der Waals surface area contributed by atoms with E-state index < -0.39 is 0 Å². The van der Waals surface area contributed by atoms with Crippen molar-refractivity contribution in [2.24, 2.45) is 5.73 Å². The van der Waals surface area contributed by atoms with Crippen molar-refractivity contribution in [3.05, 3.63) is 34.3 Å². The van der Waals surface area contributed by atoms with E-state index in [1.165, 1.54) is 18.4 Å². The highest BCUT2D eigenvalue weighted by Gasteiger charge is 2.22. The SMILES string of the molecule is Cc1ccc(COC2CCCCC2N)c(Cl)c1. The summed E-state index contributed by atoms with van der Waals surface area (Å²) in [5, 5.41) is 0.786. The maximum absolute atomic E-state index is 6.17. The van der Waals surface area contributed by atoms with Gasteiger partial charge in [0.05, 0.1) is 12.7 Å². The summed E-state index contributed by atoms with van der Waals surface area (Å²) in [5.41, 5.74) is 8.27. The molecule has 1 aromatic carbocycles. The van der Waals surface area contributed by atoms with Gasteiger partial charge in [0.1, 0.15) is 0 Å². The second kappa shape index (κ2) is 5.85. The first-order chi connectivity index (χ1) is 8.16. The second-order valence-corrected chi connectivity index (χ2v) is 5.30. The molecule has 17 heavy (non-hydrogen) atoms. The molecular weight excluding hydrogens is 234 g/mol. The van der Waals surface area contributed by atoms with Crippen molar-refractivity contribution in [2.75, 3.05) is 0 Å². The zero-order valence-corrected chi connectivity index (χ0v) is 11.0. The number of hydrogen-bond donors (Lipinski definition) is 1. The van der Waals surface area contributed by atoms with Crippen molar-refractivity contribution in [3.63, 3.8) is 0 Å². The molecule has 1 saturated carbocycles. The first-order valence-electron chi connectivity index (χ1n) is 6.29. The number of rotatable bonds is 3. The van der Waals surface area contributed by atoms with Crippen LogP contribution in [0.1, 0.15) is 36.8 Å². The van der Waals surface area contributed by atoms with E-state index in [2.05, 4.69) is 6.07 Å². The van der Waals surface area contributed by atoms with E-state index in [1.807, 2.05) is 19.1 Å². The molecule has 2 atom stereocenters. The van der Waals surface area contributed by atoms with Crippen LogP contribution in [0.25, 0.3) is 0 Å². The fourth-order valence-electron chi connectivity index (χ4n) is 2.30. The van der Waals surface area contributed by atoms with Gasteiger partial charge in [0.25, 0.3) is 0 Å². The summed E-state index contributed by atoms with van der Waals surface area (Å²) < 4.78 is 5.89. The third-order valence-corrected chi connectivity index (χ3v) is 3.77. The number of nitrogens with two attached hydrogens (primary N) is 1. The summed E-state index contributed by atoms with van der Waals surface area (Å²) in [5.74, 6) is 0. The Labute approximate surface area is 108 Å². The van der Waals surface area contributed by atoms with Crippen LogP contribution in [0.15, 0.2) is 18.2 Å². The van der Waals surface area contributed by atoms with Gasteiger partial charge in [-0.2, -0.15) is 0 Å². The third kappa shape index (κ3) is 3.44. The lowest BCUT2D eigenvalue weighted by molar-refractivity contribution is 0.00408. The molecule has 1 aliphatic rings. The second-order valence-electron chi connectivity index (χ2n) is 4.89. The Morgan fingerprint density at radius 1 is 1.35 bits per heavy atom. The Morgan fingerprint density at radius 3 is 2.82 bits per heavy atom. The molecule has 0 bridgehead atoms. The molecule has 2 nitrogen and oxygen atoms in total. The van der Waals surface area contributed by atoms with Crippen molar-refractivity contribution in [2.45, 2.75) is 51.4 Å². The molecule has 2 N–H and O–H groups in total. The fraction of sp³-hybridized carbons (Fsp3) is 0.571. The quantitative estimate of drug-likeness (QED) is 0.896. The van der Waals surface area contributed by atoms with E-state index in [-0.39, 0.29) is 12.1 Å². The van der Waals surface area contributed by atoms with Crippen LogP contribution in [-0.4, -0.2) is 12.1 Å². The van der Waals surface area contributed by atoms with E-state index >= 15 is 0 Å². The summed E-state index contributed by atoms with van der Waals surface area (Å²) in [6.07, 6.45) is 4.80. The topological polar surface area (TPSA) is 35.2 Å². The van der Waals surface area contributed by atoms with E-state index in [1.54, 1.807) is 0 Å². The lowest BCUT2D eigenvalue weighted by Crippen LogP contribution is -2.39. The molecule has 2 rings (SSSR count). The molecule has 2 unspecified atom stereocenters. The average Bonchev–Trinajstić information content (AvgIpc) is 2.30. The molecule has 94 valence electrons. The predicted octanol–water partition coefficient (Wildman–Crippen LogP) is 3.43. The maximum Gasteiger partial charge on any atom is 0.0735 e. The average molecular weight is 254 g/mol. The van der Waals surface area contributed by atoms with Crippen LogP contribution in [0, 0.1) is 6.92 Å². The predicted molar refractivity (Wildman–Crippen MR) is 71.2 cm³/mol. The van der Waals surface area contributed by atoms with E-state index in [0.29, 0.717) is 6.61 Å². The van der Waals surface area contributed by atoms with Crippen LogP contribution in [0.2, 0.25) is 5.02 Å². The van der Waals surface area contributed by atoms with Crippen molar-refractivity contribution in [3.8, 4) is 0 Å². The largest absolute Gasteiger partial charge is 0.372 e. The normalized spacial score (nSPS) is 24.9. The van der Waals surface area contributed by atoms with Crippen molar-refractivity contribution in [1.82, 2.24) is 0 Å². The lowest BCUT2D eigenvalue weighted by atomic mass is 9.93. The van der Waals surface area contributed by atoms with Gasteiger partial charge in [-0.05, 0) is 37.0 Å².